The van der Waals surface area contributed by atoms with Crippen molar-refractivity contribution in [2.75, 3.05) is 0 Å². The van der Waals surface area contributed by atoms with Crippen LogP contribution in [0.1, 0.15) is 27.2 Å². The summed E-state index contributed by atoms with van der Waals surface area (Å²) in [4.78, 5) is 11.4. The van der Waals surface area contributed by atoms with E-state index < -0.39 is 0 Å². The lowest BCUT2D eigenvalue weighted by atomic mass is 10.1. The fourth-order valence-corrected chi connectivity index (χ4v) is 1.27. The van der Waals surface area contributed by atoms with Crippen molar-refractivity contribution < 1.29 is 4.79 Å². The van der Waals surface area contributed by atoms with Crippen molar-refractivity contribution in [3.63, 3.8) is 0 Å². The van der Waals surface area contributed by atoms with Gasteiger partial charge < -0.3 is 5.32 Å². The maximum Gasteiger partial charge on any atom is 0.224 e. The van der Waals surface area contributed by atoms with Crippen LogP contribution in [0.25, 0.3) is 0 Å². The first-order valence-electron chi connectivity index (χ1n) is 4.24. The average Bonchev–Trinajstić information content (AvgIpc) is 2.59. The van der Waals surface area contributed by atoms with Crippen LogP contribution in [0.5, 0.6) is 0 Å². The van der Waals surface area contributed by atoms with E-state index in [0.29, 0.717) is 0 Å². The van der Waals surface area contributed by atoms with Gasteiger partial charge in [0.05, 0.1) is 6.04 Å². The molecule has 1 saturated carbocycles. The Balaban J connectivity index is 2.38. The maximum atomic E-state index is 11.4. The van der Waals surface area contributed by atoms with E-state index in [9.17, 15) is 4.79 Å². The summed E-state index contributed by atoms with van der Waals surface area (Å²) in [6.45, 7) is 6.00. The van der Waals surface area contributed by atoms with Gasteiger partial charge in [-0.15, -0.1) is 6.42 Å². The van der Waals surface area contributed by atoms with Crippen LogP contribution in [0.2, 0.25) is 0 Å². The molecule has 1 fully saturated rings. The first kappa shape index (κ1) is 9.12. The van der Waals surface area contributed by atoms with Crippen LogP contribution in [0.3, 0.4) is 0 Å². The summed E-state index contributed by atoms with van der Waals surface area (Å²) in [7, 11) is 0. The van der Waals surface area contributed by atoms with E-state index in [1.807, 2.05) is 6.92 Å². The molecule has 0 bridgehead atoms. The lowest BCUT2D eigenvalue weighted by Crippen LogP contribution is -2.33. The van der Waals surface area contributed by atoms with Gasteiger partial charge in [-0.25, -0.2) is 0 Å². The molecule has 0 heterocycles. The Morgan fingerprint density at radius 1 is 1.75 bits per heavy atom. The normalized spacial score (nSPS) is 27.0. The Morgan fingerprint density at radius 2 is 2.25 bits per heavy atom. The monoisotopic (exact) mass is 165 g/mol. The minimum absolute atomic E-state index is 0.102. The number of carbonyl (C=O) groups excluding carboxylic acids is 1. The van der Waals surface area contributed by atoms with Crippen LogP contribution in [-0.2, 0) is 4.79 Å². The van der Waals surface area contributed by atoms with Gasteiger partial charge in [0.15, 0.2) is 0 Å². The highest BCUT2D eigenvalue weighted by Crippen LogP contribution is 2.51. The van der Waals surface area contributed by atoms with Crippen molar-refractivity contribution in [1.29, 1.82) is 0 Å². The van der Waals surface area contributed by atoms with Gasteiger partial charge in [-0.2, -0.15) is 0 Å². The molecule has 1 N–H and O–H groups in total. The standard InChI is InChI=1S/C10H15NO/c1-5-7(2)11-9(12)8-6-10(8,3)4/h1,7-8H,6H2,2-4H3,(H,11,12). The van der Waals surface area contributed by atoms with E-state index in [4.69, 9.17) is 6.42 Å². The van der Waals surface area contributed by atoms with Crippen molar-refractivity contribution in [1.82, 2.24) is 5.32 Å². The quantitative estimate of drug-likeness (QED) is 0.611. The topological polar surface area (TPSA) is 29.1 Å². The summed E-state index contributed by atoms with van der Waals surface area (Å²) >= 11 is 0. The molecule has 2 heteroatoms. The minimum Gasteiger partial charge on any atom is -0.342 e. The molecule has 1 aliphatic carbocycles. The number of hydrogen-bond donors (Lipinski definition) is 1. The molecule has 0 aromatic heterocycles. The van der Waals surface area contributed by atoms with E-state index in [2.05, 4.69) is 25.1 Å². The van der Waals surface area contributed by atoms with E-state index >= 15 is 0 Å². The Hall–Kier alpha value is -0.970. The second-order valence-corrected chi connectivity index (χ2v) is 4.14. The molecule has 1 rings (SSSR count). The van der Waals surface area contributed by atoms with Gasteiger partial charge in [0.2, 0.25) is 5.91 Å². The Bertz CT molecular complexity index is 237. The third-order valence-electron chi connectivity index (χ3n) is 2.44. The predicted octanol–water partition coefficient (Wildman–Crippen LogP) is 1.17. The van der Waals surface area contributed by atoms with Gasteiger partial charge in [0.1, 0.15) is 0 Å². The van der Waals surface area contributed by atoms with Gasteiger partial charge in [0.25, 0.3) is 0 Å². The minimum atomic E-state index is -0.145. The van der Waals surface area contributed by atoms with Crippen LogP contribution >= 0.6 is 0 Å². The Kier molecular flexibility index (Phi) is 2.14. The molecule has 66 valence electrons. The van der Waals surface area contributed by atoms with Crippen LogP contribution < -0.4 is 5.32 Å². The average molecular weight is 165 g/mol. The zero-order valence-corrected chi connectivity index (χ0v) is 7.85. The van der Waals surface area contributed by atoms with Crippen LogP contribution in [-0.4, -0.2) is 11.9 Å². The first-order chi connectivity index (χ1) is 5.47. The summed E-state index contributed by atoms with van der Waals surface area (Å²) in [6.07, 6.45) is 6.13. The SMILES string of the molecule is C#CC(C)NC(=O)C1CC1(C)C. The zero-order chi connectivity index (χ0) is 9.35. The van der Waals surface area contributed by atoms with Crippen LogP contribution in [0.15, 0.2) is 0 Å². The molecule has 2 atom stereocenters. The molecule has 2 unspecified atom stereocenters. The fraction of sp³-hybridized carbons (Fsp3) is 0.700. The second kappa shape index (κ2) is 2.82. The van der Waals surface area contributed by atoms with E-state index in [-0.39, 0.29) is 23.3 Å². The lowest BCUT2D eigenvalue weighted by Gasteiger charge is -2.08. The van der Waals surface area contributed by atoms with Gasteiger partial charge in [0, 0.05) is 5.92 Å². The molecular formula is C10H15NO. The highest BCUT2D eigenvalue weighted by Gasteiger charge is 2.50. The third-order valence-corrected chi connectivity index (χ3v) is 2.44. The summed E-state index contributed by atoms with van der Waals surface area (Å²) < 4.78 is 0. The number of hydrogen-bond acceptors (Lipinski definition) is 1. The highest BCUT2D eigenvalue weighted by atomic mass is 16.2. The van der Waals surface area contributed by atoms with Crippen molar-refractivity contribution in [3.05, 3.63) is 0 Å². The molecule has 12 heavy (non-hydrogen) atoms. The first-order valence-corrected chi connectivity index (χ1v) is 4.24. The molecule has 0 radical (unpaired) electrons. The molecule has 1 aliphatic rings. The second-order valence-electron chi connectivity index (χ2n) is 4.14. The fourth-order valence-electron chi connectivity index (χ4n) is 1.27. The Labute approximate surface area is 73.7 Å². The van der Waals surface area contributed by atoms with Crippen LogP contribution in [0, 0.1) is 23.7 Å². The molecule has 0 aliphatic heterocycles. The van der Waals surface area contributed by atoms with Gasteiger partial charge in [-0.05, 0) is 18.8 Å². The van der Waals surface area contributed by atoms with Gasteiger partial charge in [-0.1, -0.05) is 19.8 Å². The summed E-state index contributed by atoms with van der Waals surface area (Å²) in [5.41, 5.74) is 0.193. The number of carbonyl (C=O) groups is 1. The number of amides is 1. The van der Waals surface area contributed by atoms with E-state index in [0.717, 1.165) is 6.42 Å². The number of rotatable bonds is 2. The predicted molar refractivity (Wildman–Crippen MR) is 48.3 cm³/mol. The molecule has 0 saturated heterocycles. The van der Waals surface area contributed by atoms with E-state index in [1.165, 1.54) is 0 Å². The summed E-state index contributed by atoms with van der Waals surface area (Å²) in [5, 5.41) is 2.77. The smallest absolute Gasteiger partial charge is 0.224 e. The number of terminal acetylenes is 1. The Morgan fingerprint density at radius 3 is 2.58 bits per heavy atom. The molecular weight excluding hydrogens is 150 g/mol. The molecule has 1 amide bonds. The molecule has 0 spiro atoms. The lowest BCUT2D eigenvalue weighted by molar-refractivity contribution is -0.123. The van der Waals surface area contributed by atoms with E-state index in [1.54, 1.807) is 0 Å². The highest BCUT2D eigenvalue weighted by molar-refractivity contribution is 5.82. The molecule has 0 aromatic carbocycles. The third kappa shape index (κ3) is 1.79. The summed E-state index contributed by atoms with van der Waals surface area (Å²) in [5.74, 6) is 2.75. The van der Waals surface area contributed by atoms with Crippen molar-refractivity contribution in [3.8, 4) is 12.3 Å². The zero-order valence-electron chi connectivity index (χ0n) is 7.85. The maximum absolute atomic E-state index is 11.4. The van der Waals surface area contributed by atoms with Crippen molar-refractivity contribution in [2.24, 2.45) is 11.3 Å². The van der Waals surface area contributed by atoms with Crippen LogP contribution in [0.4, 0.5) is 0 Å². The molecule has 0 aromatic rings. The van der Waals surface area contributed by atoms with Gasteiger partial charge >= 0.3 is 0 Å². The van der Waals surface area contributed by atoms with Crippen molar-refractivity contribution in [2.45, 2.75) is 33.2 Å². The largest absolute Gasteiger partial charge is 0.342 e. The summed E-state index contributed by atoms with van der Waals surface area (Å²) in [6, 6.07) is -0.145. The number of nitrogens with one attached hydrogen (secondary N) is 1. The van der Waals surface area contributed by atoms with Gasteiger partial charge in [-0.3, -0.25) is 4.79 Å². The molecule has 2 nitrogen and oxygen atoms in total. The van der Waals surface area contributed by atoms with Crippen molar-refractivity contribution >= 4 is 5.91 Å².